The molecule has 1 aliphatic heterocycles. The van der Waals surface area contributed by atoms with Crippen LogP contribution in [0.5, 0.6) is 11.5 Å². The molecule has 1 aliphatic rings. The number of aromatic hydroxyl groups is 1. The number of Topliss-reactive ketones (excluding diaryl/α,β-unsaturated/α-hetero) is 1. The van der Waals surface area contributed by atoms with E-state index in [1.807, 2.05) is 37.2 Å². The molecule has 0 amide bonds. The second kappa shape index (κ2) is 5.39. The Labute approximate surface area is 133 Å². The standard InChI is InChI=1S/C17H14ClNO3/c1-19(2)11-4-3-10(14(18)8-11)7-16-17(21)13-6-5-12(20)9-15(13)22-16/h3-9,20H,1-2H3/b16-7-. The predicted molar refractivity (Wildman–Crippen MR) is 86.8 cm³/mol. The first-order valence-corrected chi connectivity index (χ1v) is 7.07. The van der Waals surface area contributed by atoms with Gasteiger partial charge in [0.25, 0.3) is 0 Å². The molecule has 0 aliphatic carbocycles. The molecule has 0 fully saturated rings. The number of benzene rings is 2. The highest BCUT2D eigenvalue weighted by Crippen LogP contribution is 2.35. The van der Waals surface area contributed by atoms with Gasteiger partial charge in [0.2, 0.25) is 5.78 Å². The van der Waals surface area contributed by atoms with Gasteiger partial charge in [0, 0.05) is 30.9 Å². The Bertz CT molecular complexity index is 796. The van der Waals surface area contributed by atoms with E-state index in [0.29, 0.717) is 21.9 Å². The number of allylic oxidation sites excluding steroid dienone is 1. The van der Waals surface area contributed by atoms with Gasteiger partial charge in [-0.2, -0.15) is 0 Å². The summed E-state index contributed by atoms with van der Waals surface area (Å²) in [6.45, 7) is 0. The molecule has 0 saturated carbocycles. The molecule has 0 unspecified atom stereocenters. The number of carbonyl (C=O) groups excluding carboxylic acids is 1. The van der Waals surface area contributed by atoms with E-state index in [1.165, 1.54) is 12.1 Å². The first-order valence-electron chi connectivity index (χ1n) is 6.70. The van der Waals surface area contributed by atoms with Crippen LogP contribution in [0.1, 0.15) is 15.9 Å². The highest BCUT2D eigenvalue weighted by molar-refractivity contribution is 6.32. The number of carbonyl (C=O) groups is 1. The van der Waals surface area contributed by atoms with E-state index in [4.69, 9.17) is 16.3 Å². The molecule has 1 heterocycles. The quantitative estimate of drug-likeness (QED) is 0.858. The van der Waals surface area contributed by atoms with Crippen molar-refractivity contribution in [1.82, 2.24) is 0 Å². The molecule has 0 aromatic heterocycles. The zero-order valence-electron chi connectivity index (χ0n) is 12.1. The van der Waals surface area contributed by atoms with Gasteiger partial charge in [-0.25, -0.2) is 0 Å². The third-order valence-electron chi connectivity index (χ3n) is 3.44. The minimum absolute atomic E-state index is 0.0566. The Morgan fingerprint density at radius 2 is 1.95 bits per heavy atom. The number of ether oxygens (including phenoxy) is 1. The summed E-state index contributed by atoms with van der Waals surface area (Å²) >= 11 is 6.26. The number of hydrogen-bond acceptors (Lipinski definition) is 4. The van der Waals surface area contributed by atoms with E-state index in [0.717, 1.165) is 5.69 Å². The molecule has 0 spiro atoms. The lowest BCUT2D eigenvalue weighted by Crippen LogP contribution is -2.08. The van der Waals surface area contributed by atoms with Crippen LogP contribution in [0.3, 0.4) is 0 Å². The molecule has 0 saturated heterocycles. The fraction of sp³-hybridized carbons (Fsp3) is 0.118. The van der Waals surface area contributed by atoms with E-state index >= 15 is 0 Å². The number of ketones is 1. The molecule has 1 N–H and O–H groups in total. The van der Waals surface area contributed by atoms with Crippen LogP contribution in [-0.4, -0.2) is 25.0 Å². The minimum Gasteiger partial charge on any atom is -0.508 e. The Morgan fingerprint density at radius 1 is 1.18 bits per heavy atom. The Balaban J connectivity index is 1.96. The third kappa shape index (κ3) is 2.53. The normalized spacial score (nSPS) is 14.9. The summed E-state index contributed by atoms with van der Waals surface area (Å²) in [5.41, 5.74) is 2.11. The van der Waals surface area contributed by atoms with Crippen LogP contribution in [0.15, 0.2) is 42.2 Å². The molecule has 2 aromatic carbocycles. The van der Waals surface area contributed by atoms with Gasteiger partial charge in [0.15, 0.2) is 5.76 Å². The van der Waals surface area contributed by atoms with E-state index < -0.39 is 0 Å². The summed E-state index contributed by atoms with van der Waals surface area (Å²) in [6, 6.07) is 10.0. The van der Waals surface area contributed by atoms with Gasteiger partial charge in [-0.05, 0) is 35.9 Å². The third-order valence-corrected chi connectivity index (χ3v) is 3.77. The zero-order valence-corrected chi connectivity index (χ0v) is 12.9. The SMILES string of the molecule is CN(C)c1ccc(/C=C2\Oc3cc(O)ccc3C2=O)c(Cl)c1. The van der Waals surface area contributed by atoms with E-state index in [1.54, 1.807) is 12.1 Å². The van der Waals surface area contributed by atoms with Crippen molar-refractivity contribution in [3.05, 3.63) is 58.3 Å². The summed E-state index contributed by atoms with van der Waals surface area (Å²) in [5, 5.41) is 9.98. The molecule has 0 atom stereocenters. The monoisotopic (exact) mass is 315 g/mol. The lowest BCUT2D eigenvalue weighted by atomic mass is 10.1. The molecular formula is C17H14ClNO3. The van der Waals surface area contributed by atoms with Gasteiger partial charge in [0.05, 0.1) is 5.56 Å². The first-order chi connectivity index (χ1) is 10.5. The maximum atomic E-state index is 12.3. The fourth-order valence-corrected chi connectivity index (χ4v) is 2.46. The summed E-state index contributed by atoms with van der Waals surface area (Å²) < 4.78 is 5.52. The first kappa shape index (κ1) is 14.5. The van der Waals surface area contributed by atoms with Crippen molar-refractivity contribution in [2.75, 3.05) is 19.0 Å². The molecule has 112 valence electrons. The molecule has 2 aromatic rings. The maximum Gasteiger partial charge on any atom is 0.231 e. The van der Waals surface area contributed by atoms with Gasteiger partial charge in [-0.15, -0.1) is 0 Å². The average molecular weight is 316 g/mol. The van der Waals surface area contributed by atoms with Crippen molar-refractivity contribution < 1.29 is 14.6 Å². The molecule has 0 bridgehead atoms. The Hall–Kier alpha value is -2.46. The number of halogens is 1. The minimum atomic E-state index is -0.220. The largest absolute Gasteiger partial charge is 0.508 e. The predicted octanol–water partition coefficient (Wildman–Crippen LogP) is 3.73. The number of anilines is 1. The van der Waals surface area contributed by atoms with Crippen LogP contribution in [0.4, 0.5) is 5.69 Å². The van der Waals surface area contributed by atoms with Gasteiger partial charge in [-0.3, -0.25) is 4.79 Å². The number of phenolic OH excluding ortho intramolecular Hbond substituents is 1. The number of rotatable bonds is 2. The van der Waals surface area contributed by atoms with Crippen LogP contribution in [0.25, 0.3) is 6.08 Å². The second-order valence-electron chi connectivity index (χ2n) is 5.22. The number of hydrogen-bond donors (Lipinski definition) is 1. The smallest absolute Gasteiger partial charge is 0.231 e. The summed E-state index contributed by atoms with van der Waals surface area (Å²) in [5.74, 6) is 0.390. The highest BCUT2D eigenvalue weighted by atomic mass is 35.5. The Kier molecular flexibility index (Phi) is 3.54. The summed E-state index contributed by atoms with van der Waals surface area (Å²) in [7, 11) is 3.85. The van der Waals surface area contributed by atoms with E-state index in [-0.39, 0.29) is 17.3 Å². The summed E-state index contributed by atoms with van der Waals surface area (Å²) in [4.78, 5) is 14.2. The van der Waals surface area contributed by atoms with Crippen LogP contribution < -0.4 is 9.64 Å². The lowest BCUT2D eigenvalue weighted by Gasteiger charge is -2.13. The van der Waals surface area contributed by atoms with Crippen molar-refractivity contribution in [3.8, 4) is 11.5 Å². The topological polar surface area (TPSA) is 49.8 Å². The van der Waals surface area contributed by atoms with Crippen LogP contribution in [-0.2, 0) is 0 Å². The van der Waals surface area contributed by atoms with Crippen molar-refractivity contribution >= 4 is 29.1 Å². The number of nitrogens with zero attached hydrogens (tertiary/aromatic N) is 1. The van der Waals surface area contributed by atoms with Crippen molar-refractivity contribution in [2.45, 2.75) is 0 Å². The zero-order chi connectivity index (χ0) is 15.9. The van der Waals surface area contributed by atoms with Gasteiger partial charge < -0.3 is 14.7 Å². The second-order valence-corrected chi connectivity index (χ2v) is 5.63. The van der Waals surface area contributed by atoms with E-state index in [9.17, 15) is 9.90 Å². The van der Waals surface area contributed by atoms with E-state index in [2.05, 4.69) is 0 Å². The Morgan fingerprint density at radius 3 is 2.64 bits per heavy atom. The van der Waals surface area contributed by atoms with Crippen LogP contribution in [0, 0.1) is 0 Å². The molecular weight excluding hydrogens is 302 g/mol. The number of phenols is 1. The van der Waals surface area contributed by atoms with Crippen LogP contribution >= 0.6 is 11.6 Å². The molecule has 0 radical (unpaired) electrons. The average Bonchev–Trinajstić information content (AvgIpc) is 2.76. The summed E-state index contributed by atoms with van der Waals surface area (Å²) in [6.07, 6.45) is 1.61. The van der Waals surface area contributed by atoms with Gasteiger partial charge >= 0.3 is 0 Å². The van der Waals surface area contributed by atoms with Gasteiger partial charge in [0.1, 0.15) is 11.5 Å². The van der Waals surface area contributed by atoms with Crippen LogP contribution in [0.2, 0.25) is 5.02 Å². The highest BCUT2D eigenvalue weighted by Gasteiger charge is 2.27. The lowest BCUT2D eigenvalue weighted by molar-refractivity contribution is 0.101. The van der Waals surface area contributed by atoms with Crippen molar-refractivity contribution in [3.63, 3.8) is 0 Å². The molecule has 22 heavy (non-hydrogen) atoms. The van der Waals surface area contributed by atoms with Crippen molar-refractivity contribution in [2.24, 2.45) is 0 Å². The fourth-order valence-electron chi connectivity index (χ4n) is 2.23. The van der Waals surface area contributed by atoms with Crippen molar-refractivity contribution in [1.29, 1.82) is 0 Å². The van der Waals surface area contributed by atoms with Gasteiger partial charge in [-0.1, -0.05) is 17.7 Å². The maximum absolute atomic E-state index is 12.3. The molecule has 3 rings (SSSR count). The molecule has 4 nitrogen and oxygen atoms in total. The number of fused-ring (bicyclic) bond motifs is 1. The molecule has 5 heteroatoms.